The van der Waals surface area contributed by atoms with E-state index in [1.165, 1.54) is 47.0 Å². The number of allylic oxidation sites excluding steroid dienone is 4. The molecule has 2 fully saturated rings. The summed E-state index contributed by atoms with van der Waals surface area (Å²) < 4.78 is 209. The van der Waals surface area contributed by atoms with E-state index in [2.05, 4.69) is 0 Å². The van der Waals surface area contributed by atoms with Crippen molar-refractivity contribution in [2.75, 3.05) is 13.2 Å². The fraction of sp³-hybridized carbons (Fsp3) is 0.358. The molecule has 8 aromatic carbocycles. The maximum atomic E-state index is 17.0. The van der Waals surface area contributed by atoms with Gasteiger partial charge >= 0.3 is 35.5 Å². The maximum absolute atomic E-state index is 17.0. The Morgan fingerprint density at radius 1 is 0.323 bits per heavy atom. The van der Waals surface area contributed by atoms with Gasteiger partial charge in [-0.15, -0.1) is 47.0 Å². The highest BCUT2D eigenvalue weighted by atomic mass is 32.2. The molecule has 4 aliphatic carbocycles. The first-order valence-electron chi connectivity index (χ1n) is 34.3. The van der Waals surface area contributed by atoms with Crippen LogP contribution in [0.5, 0.6) is 11.5 Å². The zero-order valence-electron chi connectivity index (χ0n) is 54.4. The number of rotatable bonds is 14. The predicted molar refractivity (Wildman–Crippen MR) is 376 cm³/mol. The van der Waals surface area contributed by atoms with Crippen molar-refractivity contribution in [3.63, 3.8) is 0 Å². The van der Waals surface area contributed by atoms with Crippen LogP contribution in [0.2, 0.25) is 0 Å². The van der Waals surface area contributed by atoms with E-state index >= 15 is 52.7 Å². The van der Waals surface area contributed by atoms with Crippen molar-refractivity contribution in [3.8, 4) is 44.9 Å². The molecule has 0 bridgehead atoms. The Morgan fingerprint density at radius 3 is 0.970 bits per heavy atom. The van der Waals surface area contributed by atoms with Crippen LogP contribution in [0.1, 0.15) is 133 Å². The molecular formula is C81H66F12O2S4. The van der Waals surface area contributed by atoms with Gasteiger partial charge in [-0.2, -0.15) is 52.7 Å². The minimum Gasteiger partial charge on any atom is -0.493 e. The third kappa shape index (κ3) is 8.37. The van der Waals surface area contributed by atoms with Gasteiger partial charge in [0, 0.05) is 59.4 Å². The van der Waals surface area contributed by atoms with Gasteiger partial charge in [0.1, 0.15) is 11.5 Å². The molecule has 2 nitrogen and oxygen atoms in total. The first kappa shape index (κ1) is 65.7. The van der Waals surface area contributed by atoms with E-state index in [1.54, 1.807) is 72.8 Å². The molecule has 0 spiro atoms. The van der Waals surface area contributed by atoms with E-state index in [0.29, 0.717) is 137 Å². The number of alkyl halides is 12. The summed E-state index contributed by atoms with van der Waals surface area (Å²) in [7, 11) is 0. The van der Waals surface area contributed by atoms with Gasteiger partial charge in [-0.25, -0.2) is 0 Å². The number of ether oxygens (including phenoxy) is 2. The first-order valence-corrected chi connectivity index (χ1v) is 37.6. The van der Waals surface area contributed by atoms with Gasteiger partial charge in [-0.05, 0) is 163 Å². The van der Waals surface area contributed by atoms with E-state index in [9.17, 15) is 0 Å². The van der Waals surface area contributed by atoms with Crippen LogP contribution in [0.15, 0.2) is 187 Å². The third-order valence-corrected chi connectivity index (χ3v) is 29.4. The number of halogens is 12. The van der Waals surface area contributed by atoms with Crippen molar-refractivity contribution in [1.82, 2.24) is 0 Å². The highest BCUT2D eigenvalue weighted by molar-refractivity contribution is 8.06. The zero-order chi connectivity index (χ0) is 69.0. The molecule has 9 aliphatic rings. The third-order valence-electron chi connectivity index (χ3n) is 22.4. The summed E-state index contributed by atoms with van der Waals surface area (Å²) in [5.74, 6) is -30.9. The molecule has 99 heavy (non-hydrogen) atoms. The quantitative estimate of drug-likeness (QED) is 0.100. The minimum atomic E-state index is -5.70. The molecule has 0 amide bonds. The van der Waals surface area contributed by atoms with E-state index in [-0.39, 0.29) is 46.3 Å². The predicted octanol–water partition coefficient (Wildman–Crippen LogP) is 25.6. The molecule has 8 aromatic rings. The van der Waals surface area contributed by atoms with Crippen LogP contribution in [0.25, 0.3) is 77.2 Å². The summed E-state index contributed by atoms with van der Waals surface area (Å²) in [6, 6.07) is 44.0. The average Bonchev–Trinajstić information content (AvgIpc) is 1.48. The lowest BCUT2D eigenvalue weighted by Crippen LogP contribution is -2.51. The molecule has 18 heteroatoms. The normalized spacial score (nSPS) is 26.0. The number of unbranched alkanes of at least 4 members (excludes halogenated alkanes) is 4. The standard InChI is InChI=1S/C81H66F12O2S4/c1-5-9-34-72-64(52-18-13-15-20-58(52)96-72)68-70(78(86,87)80(90,91)76(68,82)83)66-54-30-24-46(42-60(54)98-74(66,72)36-11-7-3)44-22-28-50-48(40-44)26-32-56-62(50)63-51-29-23-45(41-49(51)27-33-57(63)95-39-17-38-94-56)47-25-31-55-61(43-47)99-75(37-12-8-4)67(55)71-69(77(84,85)81(92,93)79(71,88)89)65-53-19-14-16-21-59(53)97-73(65,75)35-10-6-2/h13-16,18-33,40-43H,5-12,17,34-39H2,1-4H3. The van der Waals surface area contributed by atoms with Crippen LogP contribution in [0.3, 0.4) is 0 Å². The lowest BCUT2D eigenvalue weighted by Gasteiger charge is -2.51. The van der Waals surface area contributed by atoms with E-state index in [4.69, 9.17) is 9.47 Å². The van der Waals surface area contributed by atoms with Crippen molar-refractivity contribution in [3.05, 3.63) is 190 Å². The molecule has 4 unspecified atom stereocenters. The zero-order valence-corrected chi connectivity index (χ0v) is 57.7. The fourth-order valence-corrected chi connectivity index (χ4v) is 25.5. The van der Waals surface area contributed by atoms with Crippen molar-refractivity contribution < 1.29 is 62.2 Å². The number of hydrogen-bond donors (Lipinski definition) is 0. The highest BCUT2D eigenvalue weighted by Gasteiger charge is 2.87. The summed E-state index contributed by atoms with van der Waals surface area (Å²) in [5.41, 5.74) is 0.186. The topological polar surface area (TPSA) is 18.5 Å². The van der Waals surface area contributed by atoms with Crippen LogP contribution in [0, 0.1) is 0 Å². The number of benzene rings is 8. The number of hydrogen-bond acceptors (Lipinski definition) is 6. The molecule has 4 atom stereocenters. The summed E-state index contributed by atoms with van der Waals surface area (Å²) in [4.78, 5) is 2.30. The minimum absolute atomic E-state index is 0.0921. The molecule has 5 aliphatic heterocycles. The summed E-state index contributed by atoms with van der Waals surface area (Å²) in [5, 5.41) is 3.24. The largest absolute Gasteiger partial charge is 0.493 e. The van der Waals surface area contributed by atoms with Gasteiger partial charge in [0.25, 0.3) is 0 Å². The van der Waals surface area contributed by atoms with E-state index < -0.39 is 76.8 Å². The average molecular weight is 1430 g/mol. The van der Waals surface area contributed by atoms with Gasteiger partial charge in [0.2, 0.25) is 0 Å². The smallest absolute Gasteiger partial charge is 0.380 e. The van der Waals surface area contributed by atoms with Gasteiger partial charge in [-0.3, -0.25) is 0 Å². The Kier molecular flexibility index (Phi) is 14.9. The SMILES string of the molecule is CCCCC12Sc3ccccc3C1=C1C(=C3c4ccc(-c5ccc6c7c(ccc6c5)OCCCOc5ccc6cc(-c8ccc9c(c8)SC8(CCCC)C9=C9C(=C%10c%11ccccc%11SC%108CCCC)C(F)(F)C(F)(F)C9(F)F)ccc6c5-7)cc4SC32CCCC)C(F)(F)C(F)(F)C1(F)F. The van der Waals surface area contributed by atoms with Crippen LogP contribution in [-0.2, 0) is 0 Å². The van der Waals surface area contributed by atoms with Crippen LogP contribution in [-0.4, -0.2) is 67.7 Å². The summed E-state index contributed by atoms with van der Waals surface area (Å²) in [6.45, 7) is 8.59. The first-order chi connectivity index (χ1) is 47.4. The van der Waals surface area contributed by atoms with Crippen molar-refractivity contribution in [2.45, 2.75) is 185 Å². The second-order valence-electron chi connectivity index (χ2n) is 27.8. The molecule has 510 valence electrons. The van der Waals surface area contributed by atoms with Crippen LogP contribution < -0.4 is 9.47 Å². The summed E-state index contributed by atoms with van der Waals surface area (Å²) >= 11 is 5.45. The Balaban J connectivity index is 0.779. The molecule has 17 rings (SSSR count). The number of thioether (sulfide) groups is 4. The Morgan fingerprint density at radius 2 is 0.626 bits per heavy atom. The van der Waals surface area contributed by atoms with Gasteiger partial charge < -0.3 is 9.47 Å². The van der Waals surface area contributed by atoms with Gasteiger partial charge in [0.05, 0.1) is 32.2 Å². The van der Waals surface area contributed by atoms with E-state index in [0.717, 1.165) is 43.8 Å². The van der Waals surface area contributed by atoms with Crippen LogP contribution in [0.4, 0.5) is 52.7 Å². The second-order valence-corrected chi connectivity index (χ2v) is 33.2. The van der Waals surface area contributed by atoms with Gasteiger partial charge in [0.15, 0.2) is 0 Å². The van der Waals surface area contributed by atoms with E-state index in [1.807, 2.05) is 100 Å². The Labute approximate surface area is 582 Å². The van der Waals surface area contributed by atoms with Crippen molar-refractivity contribution in [1.29, 1.82) is 0 Å². The Bertz CT molecular complexity index is 4660. The van der Waals surface area contributed by atoms with Crippen molar-refractivity contribution in [2.24, 2.45) is 0 Å². The molecule has 0 N–H and O–H groups in total. The lowest BCUT2D eigenvalue weighted by molar-refractivity contribution is -0.257. The molecule has 0 saturated heterocycles. The number of fused-ring (bicyclic) bond motifs is 23. The molecule has 0 radical (unpaired) electrons. The second kappa shape index (κ2) is 22.5. The van der Waals surface area contributed by atoms with Crippen LogP contribution >= 0.6 is 47.0 Å². The monoisotopic (exact) mass is 1430 g/mol. The fourth-order valence-electron chi connectivity index (χ4n) is 18.0. The maximum Gasteiger partial charge on any atom is 0.380 e. The van der Waals surface area contributed by atoms with Crippen molar-refractivity contribution >= 4 is 90.9 Å². The highest BCUT2D eigenvalue weighted by Crippen LogP contribution is 2.82. The summed E-state index contributed by atoms with van der Waals surface area (Å²) in [6.07, 6.45) is 6.48. The molecule has 2 saturated carbocycles. The van der Waals surface area contributed by atoms with Gasteiger partial charge in [-0.1, -0.05) is 176 Å². The Hall–Kier alpha value is -6.60. The molecule has 5 heterocycles. The molecular weight excluding hydrogens is 1360 g/mol. The molecule has 0 aromatic heterocycles. The lowest BCUT2D eigenvalue weighted by atomic mass is 9.64.